The number of nitrogens with one attached hydrogen (secondary N) is 2. The van der Waals surface area contributed by atoms with E-state index in [9.17, 15) is 14.4 Å². The van der Waals surface area contributed by atoms with E-state index in [1.165, 1.54) is 0 Å². The van der Waals surface area contributed by atoms with Gasteiger partial charge in [-0.05, 0) is 37.5 Å². The van der Waals surface area contributed by atoms with Crippen molar-refractivity contribution in [3.63, 3.8) is 0 Å². The van der Waals surface area contributed by atoms with Crippen molar-refractivity contribution in [3.05, 3.63) is 29.8 Å². The highest BCUT2D eigenvalue weighted by Gasteiger charge is 2.17. The van der Waals surface area contributed by atoms with Crippen molar-refractivity contribution in [3.8, 4) is 0 Å². The highest BCUT2D eigenvalue weighted by Crippen LogP contribution is 2.11. The van der Waals surface area contributed by atoms with Gasteiger partial charge in [0.2, 0.25) is 17.7 Å². The van der Waals surface area contributed by atoms with Crippen molar-refractivity contribution >= 4 is 23.4 Å². The Bertz CT molecular complexity index is 610. The van der Waals surface area contributed by atoms with E-state index < -0.39 is 6.04 Å². The molecule has 0 aliphatic carbocycles. The van der Waals surface area contributed by atoms with Crippen LogP contribution in [0.1, 0.15) is 33.3 Å². The molecule has 0 saturated heterocycles. The summed E-state index contributed by atoms with van der Waals surface area (Å²) in [5.41, 5.74) is 7.21. The number of benzene rings is 1. The van der Waals surface area contributed by atoms with Crippen LogP contribution >= 0.6 is 0 Å². The summed E-state index contributed by atoms with van der Waals surface area (Å²) < 4.78 is 0. The largest absolute Gasteiger partial charge is 0.346 e. The average molecular weight is 362 g/mol. The summed E-state index contributed by atoms with van der Waals surface area (Å²) in [6.07, 6.45) is 0.332. The van der Waals surface area contributed by atoms with Gasteiger partial charge in [0.15, 0.2) is 0 Å². The van der Waals surface area contributed by atoms with Crippen LogP contribution in [0, 0.1) is 5.92 Å². The molecular weight excluding hydrogens is 332 g/mol. The molecule has 0 aromatic heterocycles. The molecule has 0 saturated carbocycles. The molecule has 0 fully saturated rings. The molecule has 1 aromatic carbocycles. The summed E-state index contributed by atoms with van der Waals surface area (Å²) in [7, 11) is 0. The number of rotatable bonds is 9. The third-order valence-corrected chi connectivity index (χ3v) is 4.15. The second-order valence-electron chi connectivity index (χ2n) is 6.48. The summed E-state index contributed by atoms with van der Waals surface area (Å²) in [4.78, 5) is 37.5. The second-order valence-corrected chi connectivity index (χ2v) is 6.48. The predicted molar refractivity (Wildman–Crippen MR) is 103 cm³/mol. The molecule has 7 nitrogen and oxygen atoms in total. The molecule has 1 aromatic rings. The van der Waals surface area contributed by atoms with Gasteiger partial charge in [0.1, 0.15) is 0 Å². The third kappa shape index (κ3) is 6.84. The molecule has 26 heavy (non-hydrogen) atoms. The van der Waals surface area contributed by atoms with Gasteiger partial charge in [-0.1, -0.05) is 26.0 Å². The van der Waals surface area contributed by atoms with Crippen LogP contribution in [0.2, 0.25) is 0 Å². The van der Waals surface area contributed by atoms with E-state index in [0.717, 1.165) is 5.56 Å². The molecule has 3 amide bonds. The lowest BCUT2D eigenvalue weighted by atomic mass is 10.1. The van der Waals surface area contributed by atoms with Crippen molar-refractivity contribution in [2.75, 3.05) is 25.0 Å². The van der Waals surface area contributed by atoms with Gasteiger partial charge in [0, 0.05) is 18.8 Å². The second kappa shape index (κ2) is 10.6. The van der Waals surface area contributed by atoms with Crippen LogP contribution < -0.4 is 16.4 Å². The molecule has 4 N–H and O–H groups in total. The summed E-state index contributed by atoms with van der Waals surface area (Å²) in [6, 6.07) is 6.47. The topological polar surface area (TPSA) is 105 Å². The third-order valence-electron chi connectivity index (χ3n) is 4.15. The van der Waals surface area contributed by atoms with E-state index in [0.29, 0.717) is 25.2 Å². The molecule has 0 unspecified atom stereocenters. The zero-order valence-corrected chi connectivity index (χ0v) is 16.0. The quantitative estimate of drug-likeness (QED) is 0.612. The normalized spacial score (nSPS) is 11.8. The Morgan fingerprint density at radius 1 is 1.08 bits per heavy atom. The number of amides is 3. The van der Waals surface area contributed by atoms with Gasteiger partial charge in [-0.15, -0.1) is 0 Å². The van der Waals surface area contributed by atoms with E-state index in [-0.39, 0.29) is 30.2 Å². The number of carbonyl (C=O) groups excluding carboxylic acids is 3. The zero-order valence-electron chi connectivity index (χ0n) is 16.0. The average Bonchev–Trinajstić information content (AvgIpc) is 2.61. The molecule has 144 valence electrons. The number of carbonyl (C=O) groups is 3. The highest BCUT2D eigenvalue weighted by atomic mass is 16.2. The van der Waals surface area contributed by atoms with Gasteiger partial charge in [-0.25, -0.2) is 0 Å². The lowest BCUT2D eigenvalue weighted by Gasteiger charge is -2.18. The smallest absolute Gasteiger partial charge is 0.243 e. The van der Waals surface area contributed by atoms with Gasteiger partial charge in [-0.3, -0.25) is 14.4 Å². The van der Waals surface area contributed by atoms with Crippen LogP contribution in [-0.2, 0) is 20.8 Å². The number of anilines is 1. The van der Waals surface area contributed by atoms with Crippen LogP contribution in [0.5, 0.6) is 0 Å². The van der Waals surface area contributed by atoms with Crippen LogP contribution in [0.4, 0.5) is 5.69 Å². The molecule has 0 aliphatic rings. The van der Waals surface area contributed by atoms with E-state index in [2.05, 4.69) is 10.6 Å². The van der Waals surface area contributed by atoms with E-state index in [1.54, 1.807) is 17.0 Å². The fourth-order valence-corrected chi connectivity index (χ4v) is 2.36. The summed E-state index contributed by atoms with van der Waals surface area (Å²) in [5, 5.41) is 5.22. The lowest BCUT2D eigenvalue weighted by molar-refractivity contribution is -0.130. The molecule has 1 rings (SSSR count). The number of nitrogens with zero attached hydrogens (tertiary/aromatic N) is 1. The van der Waals surface area contributed by atoms with Gasteiger partial charge in [0.25, 0.3) is 0 Å². The summed E-state index contributed by atoms with van der Waals surface area (Å²) in [6.45, 7) is 8.83. The first-order chi connectivity index (χ1) is 12.3. The molecule has 0 spiro atoms. The molecular formula is C19H30N4O3. The number of hydrogen-bond donors (Lipinski definition) is 3. The molecule has 0 heterocycles. The molecule has 0 bridgehead atoms. The molecule has 0 aliphatic heterocycles. The maximum atomic E-state index is 12.1. The fraction of sp³-hybridized carbons (Fsp3) is 0.526. The summed E-state index contributed by atoms with van der Waals surface area (Å²) >= 11 is 0. The maximum absolute atomic E-state index is 12.1. The highest BCUT2D eigenvalue weighted by molar-refractivity contribution is 5.95. The van der Waals surface area contributed by atoms with Crippen molar-refractivity contribution in [1.82, 2.24) is 10.2 Å². The Hall–Kier alpha value is -2.41. The number of nitrogens with two attached hydrogens (primary N) is 1. The number of likely N-dealkylation sites (N-methyl/N-ethyl adjacent to an activating group) is 1. The lowest BCUT2D eigenvalue weighted by Crippen LogP contribution is -2.46. The van der Waals surface area contributed by atoms with E-state index in [4.69, 9.17) is 5.73 Å². The first kappa shape index (κ1) is 21.6. The zero-order chi connectivity index (χ0) is 19.7. The Kier molecular flexibility index (Phi) is 8.78. The molecule has 7 heteroatoms. The monoisotopic (exact) mass is 362 g/mol. The van der Waals surface area contributed by atoms with Gasteiger partial charge in [-0.2, -0.15) is 0 Å². The first-order valence-corrected chi connectivity index (χ1v) is 8.98. The van der Waals surface area contributed by atoms with Crippen molar-refractivity contribution in [2.24, 2.45) is 11.7 Å². The molecule has 0 radical (unpaired) electrons. The summed E-state index contributed by atoms with van der Waals surface area (Å²) in [5.74, 6) is -0.595. The van der Waals surface area contributed by atoms with Crippen molar-refractivity contribution < 1.29 is 14.4 Å². The van der Waals surface area contributed by atoms with E-state index in [1.807, 2.05) is 39.8 Å². The Morgan fingerprint density at radius 3 is 2.15 bits per heavy atom. The van der Waals surface area contributed by atoms with Crippen molar-refractivity contribution in [2.45, 2.75) is 40.2 Å². The fourth-order valence-electron chi connectivity index (χ4n) is 2.36. The maximum Gasteiger partial charge on any atom is 0.243 e. The Labute approximate surface area is 155 Å². The van der Waals surface area contributed by atoms with Crippen LogP contribution in [0.15, 0.2) is 24.3 Å². The Balaban J connectivity index is 2.50. The molecule has 1 atom stereocenters. The van der Waals surface area contributed by atoms with E-state index >= 15 is 0 Å². The van der Waals surface area contributed by atoms with Crippen LogP contribution in [0.3, 0.4) is 0 Å². The minimum Gasteiger partial charge on any atom is -0.346 e. The van der Waals surface area contributed by atoms with Gasteiger partial charge < -0.3 is 21.3 Å². The van der Waals surface area contributed by atoms with Crippen LogP contribution in [0.25, 0.3) is 0 Å². The van der Waals surface area contributed by atoms with Gasteiger partial charge in [0.05, 0.1) is 19.0 Å². The van der Waals surface area contributed by atoms with Crippen LogP contribution in [-0.4, -0.2) is 48.3 Å². The Morgan fingerprint density at radius 2 is 1.65 bits per heavy atom. The van der Waals surface area contributed by atoms with Gasteiger partial charge >= 0.3 is 0 Å². The standard InChI is InChI=1S/C19H30N4O3/c1-5-23(6-2)17(25)11-14-7-9-15(10-8-14)22-16(24)12-21-19(26)18(20)13(3)4/h7-10,13,18H,5-6,11-12,20H2,1-4H3,(H,21,26)(H,22,24)/t18-/m0/s1. The predicted octanol–water partition coefficient (Wildman–Crippen LogP) is 1.14. The van der Waals surface area contributed by atoms with Crippen molar-refractivity contribution in [1.29, 1.82) is 0 Å². The number of hydrogen-bond acceptors (Lipinski definition) is 4. The minimum absolute atomic E-state index is 0.00431. The SMILES string of the molecule is CCN(CC)C(=O)Cc1ccc(NC(=O)CNC(=O)[C@@H](N)C(C)C)cc1. The minimum atomic E-state index is -0.634. The first-order valence-electron chi connectivity index (χ1n) is 8.98.